The molecule has 1 aliphatic rings. The number of allylic oxidation sites excluding steroid dienone is 1. The van der Waals surface area contributed by atoms with Gasteiger partial charge in [-0.2, -0.15) is 0 Å². The number of benzene rings is 1. The van der Waals surface area contributed by atoms with E-state index >= 15 is 0 Å². The first kappa shape index (κ1) is 17.7. The standard InChI is InChI=1S/C16H22N2O2.ClH/c1-20-15-12-17-11-14(15)18-16(19)10-6-5-9-13-7-3-2-4-8-13;/h2-5,7-9,14-15,17H,6,10-12H2,1H3,(H,18,19);1H/b9-5+;. The minimum absolute atomic E-state index is 0. The summed E-state index contributed by atoms with van der Waals surface area (Å²) >= 11 is 0. The van der Waals surface area contributed by atoms with E-state index in [2.05, 4.69) is 10.6 Å². The summed E-state index contributed by atoms with van der Waals surface area (Å²) in [7, 11) is 1.68. The summed E-state index contributed by atoms with van der Waals surface area (Å²) in [6.45, 7) is 1.58. The van der Waals surface area contributed by atoms with Gasteiger partial charge in [0.2, 0.25) is 5.91 Å². The van der Waals surface area contributed by atoms with Crippen molar-refractivity contribution >= 4 is 24.4 Å². The van der Waals surface area contributed by atoms with Gasteiger partial charge in [-0.3, -0.25) is 4.79 Å². The van der Waals surface area contributed by atoms with Crippen molar-refractivity contribution in [2.45, 2.75) is 25.0 Å². The normalized spacial score (nSPS) is 21.2. The van der Waals surface area contributed by atoms with E-state index in [1.165, 1.54) is 0 Å². The molecular weight excluding hydrogens is 288 g/mol. The van der Waals surface area contributed by atoms with Crippen molar-refractivity contribution in [3.05, 3.63) is 42.0 Å². The Bertz CT molecular complexity index is 451. The van der Waals surface area contributed by atoms with Crippen LogP contribution >= 0.6 is 12.4 Å². The van der Waals surface area contributed by atoms with Gasteiger partial charge in [0.1, 0.15) is 0 Å². The van der Waals surface area contributed by atoms with E-state index in [1.807, 2.05) is 42.5 Å². The van der Waals surface area contributed by atoms with Gasteiger partial charge < -0.3 is 15.4 Å². The number of amides is 1. The van der Waals surface area contributed by atoms with Gasteiger partial charge in [0, 0.05) is 26.6 Å². The van der Waals surface area contributed by atoms with Crippen LogP contribution in [0.3, 0.4) is 0 Å². The van der Waals surface area contributed by atoms with Crippen molar-refractivity contribution in [3.8, 4) is 0 Å². The molecule has 2 N–H and O–H groups in total. The first-order valence-electron chi connectivity index (χ1n) is 7.04. The van der Waals surface area contributed by atoms with Crippen molar-refractivity contribution in [2.24, 2.45) is 0 Å². The third kappa shape index (κ3) is 5.87. The van der Waals surface area contributed by atoms with Crippen LogP contribution in [-0.2, 0) is 9.53 Å². The number of halogens is 1. The number of nitrogens with one attached hydrogen (secondary N) is 2. The van der Waals surface area contributed by atoms with Gasteiger partial charge in [0.15, 0.2) is 0 Å². The zero-order chi connectivity index (χ0) is 14.2. The Morgan fingerprint density at radius 3 is 2.86 bits per heavy atom. The quantitative estimate of drug-likeness (QED) is 0.845. The molecule has 1 aromatic rings. The summed E-state index contributed by atoms with van der Waals surface area (Å²) in [5, 5.41) is 6.23. The van der Waals surface area contributed by atoms with Gasteiger partial charge in [-0.15, -0.1) is 12.4 Å². The topological polar surface area (TPSA) is 50.4 Å². The molecule has 1 fully saturated rings. The molecule has 2 rings (SSSR count). The summed E-state index contributed by atoms with van der Waals surface area (Å²) in [6.07, 6.45) is 5.42. The number of rotatable bonds is 6. The molecule has 1 aliphatic heterocycles. The van der Waals surface area contributed by atoms with Crippen LogP contribution in [0.25, 0.3) is 6.08 Å². The summed E-state index contributed by atoms with van der Waals surface area (Å²) in [6, 6.07) is 10.2. The fraction of sp³-hybridized carbons (Fsp3) is 0.438. The van der Waals surface area contributed by atoms with Gasteiger partial charge in [-0.25, -0.2) is 0 Å². The summed E-state index contributed by atoms with van der Waals surface area (Å²) < 4.78 is 5.32. The lowest BCUT2D eigenvalue weighted by Crippen LogP contribution is -2.43. The predicted octanol–water partition coefficient (Wildman–Crippen LogP) is 2.00. The van der Waals surface area contributed by atoms with Crippen LogP contribution < -0.4 is 10.6 Å². The highest BCUT2D eigenvalue weighted by Crippen LogP contribution is 2.06. The Morgan fingerprint density at radius 2 is 2.14 bits per heavy atom. The van der Waals surface area contributed by atoms with E-state index < -0.39 is 0 Å². The molecule has 1 amide bonds. The highest BCUT2D eigenvalue weighted by molar-refractivity contribution is 5.85. The zero-order valence-electron chi connectivity index (χ0n) is 12.2. The molecule has 1 aromatic carbocycles. The maximum Gasteiger partial charge on any atom is 0.220 e. The predicted molar refractivity (Wildman–Crippen MR) is 87.6 cm³/mol. The zero-order valence-corrected chi connectivity index (χ0v) is 13.1. The molecule has 2 atom stereocenters. The van der Waals surface area contributed by atoms with Gasteiger partial charge in [-0.05, 0) is 12.0 Å². The van der Waals surface area contributed by atoms with Crippen LogP contribution in [0, 0.1) is 0 Å². The van der Waals surface area contributed by atoms with Crippen molar-refractivity contribution in [1.29, 1.82) is 0 Å². The van der Waals surface area contributed by atoms with Crippen LogP contribution in [0.15, 0.2) is 36.4 Å². The molecule has 116 valence electrons. The van der Waals surface area contributed by atoms with Crippen LogP contribution in [0.4, 0.5) is 0 Å². The van der Waals surface area contributed by atoms with E-state index in [0.29, 0.717) is 6.42 Å². The first-order valence-corrected chi connectivity index (χ1v) is 7.04. The highest BCUT2D eigenvalue weighted by Gasteiger charge is 2.27. The molecule has 0 radical (unpaired) electrons. The van der Waals surface area contributed by atoms with E-state index in [9.17, 15) is 4.79 Å². The summed E-state index contributed by atoms with van der Waals surface area (Å²) in [4.78, 5) is 11.8. The first-order chi connectivity index (χ1) is 9.79. The largest absolute Gasteiger partial charge is 0.378 e. The van der Waals surface area contributed by atoms with E-state index in [4.69, 9.17) is 4.74 Å². The molecule has 4 nitrogen and oxygen atoms in total. The molecule has 5 heteroatoms. The molecule has 2 unspecified atom stereocenters. The molecule has 0 aromatic heterocycles. The van der Waals surface area contributed by atoms with E-state index in [1.54, 1.807) is 7.11 Å². The number of methoxy groups -OCH3 is 1. The van der Waals surface area contributed by atoms with Gasteiger partial charge in [0.25, 0.3) is 0 Å². The monoisotopic (exact) mass is 310 g/mol. The molecule has 1 saturated heterocycles. The third-order valence-electron chi connectivity index (χ3n) is 3.46. The second-order valence-corrected chi connectivity index (χ2v) is 4.96. The number of carbonyl (C=O) groups is 1. The second kappa shape index (κ2) is 9.55. The average molecular weight is 311 g/mol. The fourth-order valence-electron chi connectivity index (χ4n) is 2.32. The number of carbonyl (C=O) groups excluding carboxylic acids is 1. The molecule has 1 heterocycles. The lowest BCUT2D eigenvalue weighted by Gasteiger charge is -2.18. The Balaban J connectivity index is 0.00000220. The van der Waals surface area contributed by atoms with Gasteiger partial charge in [-0.1, -0.05) is 42.5 Å². The van der Waals surface area contributed by atoms with Crippen LogP contribution in [0.2, 0.25) is 0 Å². The van der Waals surface area contributed by atoms with Gasteiger partial charge in [0.05, 0.1) is 12.1 Å². The highest BCUT2D eigenvalue weighted by atomic mass is 35.5. The Kier molecular flexibility index (Phi) is 8.05. The van der Waals surface area contributed by atoms with E-state index in [-0.39, 0.29) is 30.5 Å². The number of hydrogen-bond donors (Lipinski definition) is 2. The fourth-order valence-corrected chi connectivity index (χ4v) is 2.32. The molecule has 0 bridgehead atoms. The Labute approximate surface area is 132 Å². The molecule has 0 aliphatic carbocycles. The van der Waals surface area contributed by atoms with Crippen LogP contribution in [0.5, 0.6) is 0 Å². The minimum atomic E-state index is 0. The third-order valence-corrected chi connectivity index (χ3v) is 3.46. The van der Waals surface area contributed by atoms with Crippen LogP contribution in [-0.4, -0.2) is 38.3 Å². The van der Waals surface area contributed by atoms with Crippen LogP contribution in [0.1, 0.15) is 18.4 Å². The van der Waals surface area contributed by atoms with Crippen molar-refractivity contribution in [3.63, 3.8) is 0 Å². The van der Waals surface area contributed by atoms with Gasteiger partial charge >= 0.3 is 0 Å². The Morgan fingerprint density at radius 1 is 1.38 bits per heavy atom. The lowest BCUT2D eigenvalue weighted by atomic mass is 10.1. The summed E-state index contributed by atoms with van der Waals surface area (Å²) in [5.74, 6) is 0.0819. The Hall–Kier alpha value is -1.36. The SMILES string of the molecule is COC1CNCC1NC(=O)CC/C=C/c1ccccc1.Cl. The molecule has 0 saturated carbocycles. The second-order valence-electron chi connectivity index (χ2n) is 4.96. The summed E-state index contributed by atoms with van der Waals surface area (Å²) in [5.41, 5.74) is 1.16. The minimum Gasteiger partial charge on any atom is -0.378 e. The van der Waals surface area contributed by atoms with E-state index in [0.717, 1.165) is 25.1 Å². The number of hydrogen-bond acceptors (Lipinski definition) is 3. The molecule has 0 spiro atoms. The van der Waals surface area contributed by atoms with Crippen molar-refractivity contribution in [2.75, 3.05) is 20.2 Å². The smallest absolute Gasteiger partial charge is 0.220 e. The number of ether oxygens (including phenoxy) is 1. The molecule has 21 heavy (non-hydrogen) atoms. The maximum atomic E-state index is 11.8. The maximum absolute atomic E-state index is 11.8. The molecular formula is C16H23ClN2O2. The van der Waals surface area contributed by atoms with Crippen molar-refractivity contribution in [1.82, 2.24) is 10.6 Å². The average Bonchev–Trinajstić information content (AvgIpc) is 2.92. The lowest BCUT2D eigenvalue weighted by molar-refractivity contribution is -0.122. The van der Waals surface area contributed by atoms with Crippen molar-refractivity contribution < 1.29 is 9.53 Å².